The molecule has 0 atom stereocenters. The number of likely N-dealkylation sites (N-methyl/N-ethyl adjacent to an activating group) is 1. The van der Waals surface area contributed by atoms with E-state index in [2.05, 4.69) is 10.3 Å². The van der Waals surface area contributed by atoms with E-state index in [1.807, 2.05) is 18.2 Å². The summed E-state index contributed by atoms with van der Waals surface area (Å²) in [5.74, 6) is -0.663. The van der Waals surface area contributed by atoms with Crippen LogP contribution < -0.4 is 5.32 Å². The van der Waals surface area contributed by atoms with Crippen LogP contribution in [-0.2, 0) is 25.7 Å². The van der Waals surface area contributed by atoms with Crippen molar-refractivity contribution in [3.63, 3.8) is 0 Å². The number of anilines is 1. The Morgan fingerprint density at radius 3 is 2.82 bits per heavy atom. The number of alkyl halides is 3. The van der Waals surface area contributed by atoms with E-state index in [9.17, 15) is 22.8 Å². The van der Waals surface area contributed by atoms with Crippen LogP contribution in [0.5, 0.6) is 0 Å². The first-order valence-corrected chi connectivity index (χ1v) is 13.1. The third-order valence-electron chi connectivity index (χ3n) is 6.63. The van der Waals surface area contributed by atoms with Gasteiger partial charge in [-0.1, -0.05) is 6.07 Å². The van der Waals surface area contributed by atoms with Gasteiger partial charge in [0.2, 0.25) is 0 Å². The zero-order valence-corrected chi connectivity index (χ0v) is 21.8. The van der Waals surface area contributed by atoms with Crippen molar-refractivity contribution < 1.29 is 27.9 Å². The number of thiophene rings is 1. The molecule has 1 aromatic carbocycles. The number of amides is 2. The number of aromatic nitrogens is 2. The second-order valence-electron chi connectivity index (χ2n) is 9.43. The number of carbonyl (C=O) groups is 2. The van der Waals surface area contributed by atoms with Gasteiger partial charge in [-0.3, -0.25) is 18.9 Å². The highest BCUT2D eigenvalue weighted by Crippen LogP contribution is 2.34. The third-order valence-corrected chi connectivity index (χ3v) is 7.64. The number of pyridine rings is 1. The Bertz CT molecular complexity index is 1530. The summed E-state index contributed by atoms with van der Waals surface area (Å²) in [6.45, 7) is 1.09. The molecule has 1 aliphatic heterocycles. The number of nitrogens with zero attached hydrogens (tertiary/aromatic N) is 4. The van der Waals surface area contributed by atoms with Crippen LogP contribution in [0.15, 0.2) is 54.2 Å². The van der Waals surface area contributed by atoms with Crippen LogP contribution >= 0.6 is 11.3 Å². The topological polar surface area (TPSA) is 90.2 Å². The highest BCUT2D eigenvalue weighted by molar-refractivity contribution is 7.10. The lowest BCUT2D eigenvalue weighted by atomic mass is 10.0. The molecule has 3 aromatic heterocycles. The van der Waals surface area contributed by atoms with Crippen LogP contribution in [0.4, 0.5) is 18.9 Å². The maximum atomic E-state index is 13.6. The van der Waals surface area contributed by atoms with E-state index >= 15 is 0 Å². The van der Waals surface area contributed by atoms with Crippen molar-refractivity contribution in [2.45, 2.75) is 25.7 Å². The second-order valence-corrected chi connectivity index (χ2v) is 10.4. The minimum absolute atomic E-state index is 0.0439. The zero-order chi connectivity index (χ0) is 27.7. The number of aliphatic hydroxyl groups is 1. The predicted molar refractivity (Wildman–Crippen MR) is 141 cm³/mol. The van der Waals surface area contributed by atoms with Crippen LogP contribution in [0, 0.1) is 0 Å². The van der Waals surface area contributed by atoms with Crippen molar-refractivity contribution in [1.29, 1.82) is 0 Å². The number of benzene rings is 1. The summed E-state index contributed by atoms with van der Waals surface area (Å²) in [7, 11) is 1.69. The molecule has 0 unspecified atom stereocenters. The fourth-order valence-electron chi connectivity index (χ4n) is 4.72. The van der Waals surface area contributed by atoms with E-state index in [0.29, 0.717) is 48.5 Å². The summed E-state index contributed by atoms with van der Waals surface area (Å²) in [5.41, 5.74) is 1.87. The summed E-state index contributed by atoms with van der Waals surface area (Å²) in [6.07, 6.45) is -0.805. The molecule has 204 valence electrons. The lowest BCUT2D eigenvalue weighted by molar-refractivity contribution is -0.137. The van der Waals surface area contributed by atoms with Crippen molar-refractivity contribution in [1.82, 2.24) is 19.2 Å². The molecule has 8 nitrogen and oxygen atoms in total. The molecule has 4 aromatic rings. The first-order valence-electron chi connectivity index (χ1n) is 12.3. The standard InChI is InChI=1S/C27H26F3N5O3S/c1-33(8-9-36)14-17-10-18(27(28,29)30)12-19(11-17)32-25(37)21-16-39-23-15-34(7-5-20(21)23)26(38)22-13-31-24-4-2-3-6-35(22)24/h2-4,6,10-13,16,36H,5,7-9,14-15H2,1H3,(H,32,37). The molecule has 2 amide bonds. The van der Waals surface area contributed by atoms with Crippen molar-refractivity contribution >= 4 is 34.5 Å². The highest BCUT2D eigenvalue weighted by atomic mass is 32.1. The zero-order valence-electron chi connectivity index (χ0n) is 21.0. The summed E-state index contributed by atoms with van der Waals surface area (Å²) < 4.78 is 42.4. The van der Waals surface area contributed by atoms with E-state index < -0.39 is 17.6 Å². The van der Waals surface area contributed by atoms with Crippen molar-refractivity contribution in [2.24, 2.45) is 0 Å². The Morgan fingerprint density at radius 1 is 1.23 bits per heavy atom. The second kappa shape index (κ2) is 10.8. The van der Waals surface area contributed by atoms with Gasteiger partial charge in [-0.2, -0.15) is 13.2 Å². The highest BCUT2D eigenvalue weighted by Gasteiger charge is 2.32. The Labute approximate surface area is 226 Å². The van der Waals surface area contributed by atoms with Gasteiger partial charge in [0.15, 0.2) is 0 Å². The first-order chi connectivity index (χ1) is 18.6. The van der Waals surface area contributed by atoms with Crippen LogP contribution in [0.25, 0.3) is 5.65 Å². The van der Waals surface area contributed by atoms with E-state index in [1.54, 1.807) is 39.0 Å². The Hall–Kier alpha value is -3.74. The molecule has 5 rings (SSSR count). The van der Waals surface area contributed by atoms with E-state index in [-0.39, 0.29) is 24.7 Å². The number of hydrogen-bond acceptors (Lipinski definition) is 6. The molecular formula is C27H26F3N5O3S. The lowest BCUT2D eigenvalue weighted by Gasteiger charge is -2.27. The fraction of sp³-hybridized carbons (Fsp3) is 0.296. The largest absolute Gasteiger partial charge is 0.416 e. The van der Waals surface area contributed by atoms with Crippen LogP contribution in [0.3, 0.4) is 0 Å². The van der Waals surface area contributed by atoms with Crippen molar-refractivity contribution in [3.05, 3.63) is 87.0 Å². The number of aliphatic hydroxyl groups excluding tert-OH is 1. The Balaban J connectivity index is 1.33. The van der Waals surface area contributed by atoms with Gasteiger partial charge in [0.05, 0.1) is 30.5 Å². The maximum absolute atomic E-state index is 13.6. The Morgan fingerprint density at radius 2 is 2.05 bits per heavy atom. The van der Waals surface area contributed by atoms with E-state index in [0.717, 1.165) is 22.6 Å². The molecule has 0 aliphatic carbocycles. The molecule has 0 bridgehead atoms. The van der Waals surface area contributed by atoms with Gasteiger partial charge in [0.25, 0.3) is 11.8 Å². The molecule has 4 heterocycles. The molecule has 0 spiro atoms. The molecule has 12 heteroatoms. The fourth-order valence-corrected chi connectivity index (χ4v) is 5.82. The van der Waals surface area contributed by atoms with Crippen LogP contribution in [0.1, 0.15) is 42.4 Å². The third kappa shape index (κ3) is 5.68. The van der Waals surface area contributed by atoms with Crippen molar-refractivity contribution in [3.8, 4) is 0 Å². The van der Waals surface area contributed by atoms with Gasteiger partial charge in [0.1, 0.15) is 11.3 Å². The number of carbonyl (C=O) groups excluding carboxylic acids is 2. The number of rotatable bonds is 7. The molecule has 1 aliphatic rings. The van der Waals surface area contributed by atoms with Gasteiger partial charge < -0.3 is 15.3 Å². The molecule has 0 fully saturated rings. The smallest absolute Gasteiger partial charge is 0.395 e. The number of hydrogen-bond donors (Lipinski definition) is 2. The van der Waals surface area contributed by atoms with E-state index in [1.165, 1.54) is 17.4 Å². The SMILES string of the molecule is CN(CCO)Cc1cc(NC(=O)c2csc3c2CCN(C(=O)c2cnc4ccccn24)C3)cc(C(F)(F)F)c1. The molecular weight excluding hydrogens is 531 g/mol. The van der Waals surface area contributed by atoms with E-state index in [4.69, 9.17) is 5.11 Å². The number of fused-ring (bicyclic) bond motifs is 2. The molecule has 39 heavy (non-hydrogen) atoms. The Kier molecular flexibility index (Phi) is 7.43. The monoisotopic (exact) mass is 557 g/mol. The normalized spacial score (nSPS) is 13.6. The average Bonchev–Trinajstić information content (AvgIpc) is 3.52. The van der Waals surface area contributed by atoms with Crippen LogP contribution in [0.2, 0.25) is 0 Å². The summed E-state index contributed by atoms with van der Waals surface area (Å²) in [4.78, 5) is 34.9. The minimum atomic E-state index is -4.58. The number of nitrogens with one attached hydrogen (secondary N) is 1. The number of halogens is 3. The predicted octanol–water partition coefficient (Wildman–Crippen LogP) is 4.29. The average molecular weight is 558 g/mol. The van der Waals surface area contributed by atoms with Gasteiger partial charge >= 0.3 is 6.18 Å². The lowest BCUT2D eigenvalue weighted by Crippen LogP contribution is -2.36. The van der Waals surface area contributed by atoms with Gasteiger partial charge in [-0.15, -0.1) is 11.3 Å². The summed E-state index contributed by atoms with van der Waals surface area (Å²) >= 11 is 1.35. The summed E-state index contributed by atoms with van der Waals surface area (Å²) in [5, 5.41) is 13.4. The molecule has 2 N–H and O–H groups in total. The first kappa shape index (κ1) is 26.9. The maximum Gasteiger partial charge on any atom is 0.416 e. The van der Waals surface area contributed by atoms with Gasteiger partial charge in [0, 0.05) is 41.8 Å². The molecule has 0 saturated heterocycles. The quantitative estimate of drug-likeness (QED) is 0.354. The molecule has 0 radical (unpaired) electrons. The number of imidazole rings is 1. The van der Waals surface area contributed by atoms with Gasteiger partial charge in [-0.25, -0.2) is 4.98 Å². The summed E-state index contributed by atoms with van der Waals surface area (Å²) in [6, 6.07) is 8.96. The molecule has 0 saturated carbocycles. The van der Waals surface area contributed by atoms with Crippen LogP contribution in [-0.4, -0.2) is 62.8 Å². The van der Waals surface area contributed by atoms with Gasteiger partial charge in [-0.05, 0) is 54.9 Å². The van der Waals surface area contributed by atoms with Crippen molar-refractivity contribution in [2.75, 3.05) is 32.1 Å². The minimum Gasteiger partial charge on any atom is -0.395 e.